The van der Waals surface area contributed by atoms with Crippen LogP contribution in [0.5, 0.6) is 0 Å². The largest absolute Gasteiger partial charge is 0.476 e. The summed E-state index contributed by atoms with van der Waals surface area (Å²) >= 11 is 5.99. The highest BCUT2D eigenvalue weighted by Crippen LogP contribution is 2.28. The maximum absolute atomic E-state index is 11.6. The first-order chi connectivity index (χ1) is 11.6. The number of rotatable bonds is 5. The van der Waals surface area contributed by atoms with Crippen molar-refractivity contribution in [3.05, 3.63) is 35.0 Å². The van der Waals surface area contributed by atoms with Crippen LogP contribution in [0.3, 0.4) is 0 Å². The molecule has 2 heterocycles. The van der Waals surface area contributed by atoms with Crippen molar-refractivity contribution in [2.75, 3.05) is 18.1 Å². The highest BCUT2D eigenvalue weighted by atomic mass is 35.5. The Labute approximate surface area is 144 Å². The second kappa shape index (κ2) is 7.19. The van der Waals surface area contributed by atoms with Crippen LogP contribution in [0.2, 0.25) is 5.02 Å². The van der Waals surface area contributed by atoms with Gasteiger partial charge in [-0.05, 0) is 43.9 Å². The number of aromatic nitrogens is 3. The molecule has 7 nitrogen and oxygen atoms in total. The van der Waals surface area contributed by atoms with Crippen LogP contribution in [0.25, 0.3) is 5.69 Å². The van der Waals surface area contributed by atoms with E-state index in [1.54, 1.807) is 24.3 Å². The van der Waals surface area contributed by atoms with Crippen molar-refractivity contribution < 1.29 is 15.0 Å². The monoisotopic (exact) mass is 350 g/mol. The second-order valence-electron chi connectivity index (χ2n) is 5.80. The topological polar surface area (TPSA) is 91.5 Å². The standard InChI is InChI=1S/C16H19ClN4O3/c17-11-4-3-6-13(10-11)21-18-14(16(23)24)15(19-21)20-8-2-1-5-12(20)7-9-22/h3-4,6,10,12,22H,1-2,5,7-9H2,(H,23,24). The lowest BCUT2D eigenvalue weighted by atomic mass is 9.99. The molecular formula is C16H19ClN4O3. The minimum Gasteiger partial charge on any atom is -0.476 e. The molecule has 0 amide bonds. The van der Waals surface area contributed by atoms with E-state index in [-0.39, 0.29) is 18.3 Å². The maximum Gasteiger partial charge on any atom is 0.360 e. The highest BCUT2D eigenvalue weighted by Gasteiger charge is 2.30. The Kier molecular flexibility index (Phi) is 5.01. The van der Waals surface area contributed by atoms with E-state index in [2.05, 4.69) is 10.2 Å². The molecule has 0 bridgehead atoms. The predicted octanol–water partition coefficient (Wildman–Crippen LogP) is 2.36. The molecule has 0 radical (unpaired) electrons. The Morgan fingerprint density at radius 3 is 2.88 bits per heavy atom. The van der Waals surface area contributed by atoms with Crippen molar-refractivity contribution in [2.24, 2.45) is 0 Å². The summed E-state index contributed by atoms with van der Waals surface area (Å²) in [7, 11) is 0. The molecule has 128 valence electrons. The lowest BCUT2D eigenvalue weighted by Crippen LogP contribution is -2.41. The lowest BCUT2D eigenvalue weighted by molar-refractivity contribution is 0.0690. The summed E-state index contributed by atoms with van der Waals surface area (Å²) < 4.78 is 0. The number of benzene rings is 1. The Balaban J connectivity index is 2.01. The third-order valence-electron chi connectivity index (χ3n) is 4.20. The zero-order valence-electron chi connectivity index (χ0n) is 13.1. The van der Waals surface area contributed by atoms with Gasteiger partial charge in [0.15, 0.2) is 5.82 Å². The Morgan fingerprint density at radius 2 is 2.17 bits per heavy atom. The normalized spacial score (nSPS) is 17.9. The van der Waals surface area contributed by atoms with Gasteiger partial charge in [-0.1, -0.05) is 17.7 Å². The molecule has 1 atom stereocenters. The van der Waals surface area contributed by atoms with Crippen LogP contribution < -0.4 is 4.90 Å². The number of aliphatic hydroxyl groups is 1. The number of halogens is 1. The summed E-state index contributed by atoms with van der Waals surface area (Å²) in [5.74, 6) is -0.771. The van der Waals surface area contributed by atoms with Gasteiger partial charge >= 0.3 is 5.97 Å². The van der Waals surface area contributed by atoms with Gasteiger partial charge in [0.25, 0.3) is 0 Å². The molecule has 24 heavy (non-hydrogen) atoms. The van der Waals surface area contributed by atoms with E-state index in [9.17, 15) is 15.0 Å². The molecule has 1 saturated heterocycles. The minimum atomic E-state index is -1.12. The maximum atomic E-state index is 11.6. The van der Waals surface area contributed by atoms with Crippen LogP contribution in [-0.2, 0) is 0 Å². The van der Waals surface area contributed by atoms with Crippen molar-refractivity contribution in [2.45, 2.75) is 31.7 Å². The molecule has 0 aliphatic carbocycles. The van der Waals surface area contributed by atoms with Crippen LogP contribution in [0.15, 0.2) is 24.3 Å². The van der Waals surface area contributed by atoms with Gasteiger partial charge in [-0.25, -0.2) is 4.79 Å². The van der Waals surface area contributed by atoms with E-state index >= 15 is 0 Å². The quantitative estimate of drug-likeness (QED) is 0.860. The average molecular weight is 351 g/mol. The van der Waals surface area contributed by atoms with Gasteiger partial charge in [-0.2, -0.15) is 0 Å². The molecule has 2 N–H and O–H groups in total. The molecular weight excluding hydrogens is 332 g/mol. The number of carboxylic acids is 1. The molecule has 1 aliphatic rings. The molecule has 0 spiro atoms. The van der Waals surface area contributed by atoms with Crippen molar-refractivity contribution >= 4 is 23.4 Å². The van der Waals surface area contributed by atoms with Gasteiger partial charge < -0.3 is 15.1 Å². The smallest absolute Gasteiger partial charge is 0.360 e. The van der Waals surface area contributed by atoms with Gasteiger partial charge in [-0.15, -0.1) is 15.0 Å². The molecule has 8 heteroatoms. The fourth-order valence-corrected chi connectivity index (χ4v) is 3.26. The van der Waals surface area contributed by atoms with E-state index in [1.807, 2.05) is 4.90 Å². The van der Waals surface area contributed by atoms with Crippen LogP contribution >= 0.6 is 11.6 Å². The lowest BCUT2D eigenvalue weighted by Gasteiger charge is -2.35. The van der Waals surface area contributed by atoms with Crippen LogP contribution in [0.4, 0.5) is 5.82 Å². The van der Waals surface area contributed by atoms with Gasteiger partial charge in [-0.3, -0.25) is 0 Å². The Bertz CT molecular complexity index is 732. The van der Waals surface area contributed by atoms with E-state index in [0.717, 1.165) is 19.3 Å². The van der Waals surface area contributed by atoms with Gasteiger partial charge in [0.1, 0.15) is 0 Å². The third-order valence-corrected chi connectivity index (χ3v) is 4.43. The average Bonchev–Trinajstić information content (AvgIpc) is 3.01. The van der Waals surface area contributed by atoms with Gasteiger partial charge in [0.05, 0.1) is 5.69 Å². The Morgan fingerprint density at radius 1 is 1.33 bits per heavy atom. The molecule has 1 aliphatic heterocycles. The minimum absolute atomic E-state index is 0.0615. The van der Waals surface area contributed by atoms with Gasteiger partial charge in [0, 0.05) is 24.2 Å². The van der Waals surface area contributed by atoms with Crippen LogP contribution in [-0.4, -0.2) is 50.4 Å². The number of carbonyl (C=O) groups is 1. The first-order valence-electron chi connectivity index (χ1n) is 7.94. The molecule has 3 rings (SSSR count). The number of carboxylic acid groups (broad SMARTS) is 1. The van der Waals surface area contributed by atoms with E-state index < -0.39 is 5.97 Å². The molecule has 1 aromatic carbocycles. The van der Waals surface area contributed by atoms with E-state index in [4.69, 9.17) is 11.6 Å². The fourth-order valence-electron chi connectivity index (χ4n) is 3.08. The summed E-state index contributed by atoms with van der Waals surface area (Å²) in [4.78, 5) is 14.9. The zero-order valence-corrected chi connectivity index (χ0v) is 13.9. The van der Waals surface area contributed by atoms with Crippen molar-refractivity contribution in [1.29, 1.82) is 0 Å². The van der Waals surface area contributed by atoms with Crippen molar-refractivity contribution in [3.63, 3.8) is 0 Å². The highest BCUT2D eigenvalue weighted by molar-refractivity contribution is 6.30. The molecule has 1 aromatic heterocycles. The second-order valence-corrected chi connectivity index (χ2v) is 6.24. The van der Waals surface area contributed by atoms with Crippen LogP contribution in [0.1, 0.15) is 36.2 Å². The Hall–Kier alpha value is -2.12. The van der Waals surface area contributed by atoms with Crippen molar-refractivity contribution in [1.82, 2.24) is 15.0 Å². The molecule has 1 unspecified atom stereocenters. The zero-order chi connectivity index (χ0) is 17.1. The third kappa shape index (κ3) is 3.37. The summed E-state index contributed by atoms with van der Waals surface area (Å²) in [5, 5.41) is 27.9. The van der Waals surface area contributed by atoms with Crippen molar-refractivity contribution in [3.8, 4) is 5.69 Å². The predicted molar refractivity (Wildman–Crippen MR) is 90.0 cm³/mol. The van der Waals surface area contributed by atoms with E-state index in [0.29, 0.717) is 29.5 Å². The summed E-state index contributed by atoms with van der Waals surface area (Å²) in [6, 6.07) is 7.01. The number of hydrogen-bond donors (Lipinski definition) is 2. The fraction of sp³-hybridized carbons (Fsp3) is 0.438. The number of nitrogens with zero attached hydrogens (tertiary/aromatic N) is 4. The van der Waals surface area contributed by atoms with Crippen LogP contribution in [0, 0.1) is 0 Å². The number of piperidine rings is 1. The number of hydrogen-bond acceptors (Lipinski definition) is 5. The first kappa shape index (κ1) is 16.7. The molecule has 0 saturated carbocycles. The van der Waals surface area contributed by atoms with E-state index in [1.165, 1.54) is 4.80 Å². The molecule has 2 aromatic rings. The summed E-state index contributed by atoms with van der Waals surface area (Å²) in [6.45, 7) is 0.769. The van der Waals surface area contributed by atoms with Gasteiger partial charge in [0.2, 0.25) is 5.69 Å². The number of aliphatic hydroxyl groups excluding tert-OH is 1. The molecule has 1 fully saturated rings. The SMILES string of the molecule is O=C(O)c1nn(-c2cccc(Cl)c2)nc1N1CCCCC1CCO. The number of aromatic carboxylic acids is 1. The summed E-state index contributed by atoms with van der Waals surface area (Å²) in [6.07, 6.45) is 3.52. The summed E-state index contributed by atoms with van der Waals surface area (Å²) in [5.41, 5.74) is 0.520. The number of anilines is 1. The first-order valence-corrected chi connectivity index (χ1v) is 8.32.